The first-order chi connectivity index (χ1) is 15.5. The van der Waals surface area contributed by atoms with E-state index in [1.54, 1.807) is 54.8 Å². The number of carbonyl (C=O) groups is 1. The Balaban J connectivity index is 1.35. The van der Waals surface area contributed by atoms with Crippen LogP contribution in [-0.2, 0) is 23.0 Å². The van der Waals surface area contributed by atoms with E-state index in [1.807, 2.05) is 11.4 Å². The topological polar surface area (TPSA) is 84.9 Å². The molecule has 0 radical (unpaired) electrons. The van der Waals surface area contributed by atoms with Gasteiger partial charge >= 0.3 is 0 Å². The van der Waals surface area contributed by atoms with Gasteiger partial charge in [0.15, 0.2) is 0 Å². The summed E-state index contributed by atoms with van der Waals surface area (Å²) in [5.41, 5.74) is 1.35. The first-order valence-corrected chi connectivity index (χ1v) is 12.5. The van der Waals surface area contributed by atoms with Crippen LogP contribution in [0.1, 0.15) is 20.8 Å². The summed E-state index contributed by atoms with van der Waals surface area (Å²) in [6.07, 6.45) is 0.709. The number of sulfonamides is 1. The number of carbonyl (C=O) groups excluding carboxylic acids is 1. The SMILES string of the molecule is COc1ccc(OCCNC(=O)c2cccc(S(=O)(=O)N3CCc4sccc4C3)c2)cc1. The number of ether oxygens (including phenoxy) is 2. The minimum Gasteiger partial charge on any atom is -0.497 e. The van der Waals surface area contributed by atoms with Crippen LogP contribution in [-0.4, -0.2) is 45.4 Å². The summed E-state index contributed by atoms with van der Waals surface area (Å²) < 4.78 is 38.4. The summed E-state index contributed by atoms with van der Waals surface area (Å²) in [7, 11) is -2.09. The maximum absolute atomic E-state index is 13.1. The number of benzene rings is 2. The number of fused-ring (bicyclic) bond motifs is 1. The van der Waals surface area contributed by atoms with Crippen molar-refractivity contribution in [3.8, 4) is 11.5 Å². The fraction of sp³-hybridized carbons (Fsp3) is 0.261. The normalized spacial score (nSPS) is 13.9. The molecule has 0 bridgehead atoms. The third-order valence-corrected chi connectivity index (χ3v) is 8.09. The summed E-state index contributed by atoms with van der Waals surface area (Å²) in [5, 5.41) is 4.75. The van der Waals surface area contributed by atoms with Gasteiger partial charge in [-0.05, 0) is 65.9 Å². The highest BCUT2D eigenvalue weighted by atomic mass is 32.2. The van der Waals surface area contributed by atoms with Crippen molar-refractivity contribution in [2.24, 2.45) is 0 Å². The fourth-order valence-corrected chi connectivity index (χ4v) is 5.84. The molecule has 9 heteroatoms. The first-order valence-electron chi connectivity index (χ1n) is 10.2. The molecule has 0 saturated heterocycles. The molecule has 3 aromatic rings. The average molecular weight is 473 g/mol. The van der Waals surface area contributed by atoms with Gasteiger partial charge in [0.2, 0.25) is 10.0 Å². The minimum atomic E-state index is -3.68. The summed E-state index contributed by atoms with van der Waals surface area (Å²) in [4.78, 5) is 13.9. The van der Waals surface area contributed by atoms with E-state index in [1.165, 1.54) is 21.3 Å². The zero-order chi connectivity index (χ0) is 22.6. The summed E-state index contributed by atoms with van der Waals surface area (Å²) in [6.45, 7) is 1.37. The lowest BCUT2D eigenvalue weighted by molar-refractivity contribution is 0.0946. The van der Waals surface area contributed by atoms with E-state index in [0.29, 0.717) is 30.8 Å². The monoisotopic (exact) mass is 472 g/mol. The van der Waals surface area contributed by atoms with Gasteiger partial charge in [0.1, 0.15) is 18.1 Å². The Morgan fingerprint density at radius 1 is 1.12 bits per heavy atom. The van der Waals surface area contributed by atoms with Crippen LogP contribution in [0.4, 0.5) is 0 Å². The fourth-order valence-electron chi connectivity index (χ4n) is 3.48. The maximum atomic E-state index is 13.1. The van der Waals surface area contributed by atoms with Crippen LogP contribution in [0.15, 0.2) is 64.9 Å². The molecule has 168 valence electrons. The van der Waals surface area contributed by atoms with E-state index in [9.17, 15) is 13.2 Å². The number of hydrogen-bond donors (Lipinski definition) is 1. The molecular formula is C23H24N2O5S2. The smallest absolute Gasteiger partial charge is 0.251 e. The Kier molecular flexibility index (Phi) is 6.78. The van der Waals surface area contributed by atoms with Crippen LogP contribution in [0.25, 0.3) is 0 Å². The standard InChI is InChI=1S/C23H24N2O5S2/c1-29-19-5-7-20(8-6-19)30-13-11-24-23(26)17-3-2-4-21(15-17)32(27,28)25-12-9-22-18(16-25)10-14-31-22/h2-8,10,14-15H,9,11-13,16H2,1H3,(H,24,26). The number of nitrogens with one attached hydrogen (secondary N) is 1. The second kappa shape index (κ2) is 9.72. The van der Waals surface area contributed by atoms with Crippen LogP contribution >= 0.6 is 11.3 Å². The van der Waals surface area contributed by atoms with Crippen LogP contribution in [0.3, 0.4) is 0 Å². The number of nitrogens with zero attached hydrogens (tertiary/aromatic N) is 1. The Labute approximate surface area is 191 Å². The zero-order valence-corrected chi connectivity index (χ0v) is 19.2. The van der Waals surface area contributed by atoms with Crippen LogP contribution in [0.2, 0.25) is 0 Å². The van der Waals surface area contributed by atoms with Crippen molar-refractivity contribution in [3.05, 3.63) is 76.0 Å². The molecule has 0 aliphatic carbocycles. The van der Waals surface area contributed by atoms with Crippen LogP contribution in [0, 0.1) is 0 Å². The molecule has 4 rings (SSSR count). The van der Waals surface area contributed by atoms with E-state index in [-0.39, 0.29) is 24.0 Å². The number of hydrogen-bond acceptors (Lipinski definition) is 6. The average Bonchev–Trinajstić information content (AvgIpc) is 3.30. The zero-order valence-electron chi connectivity index (χ0n) is 17.6. The highest BCUT2D eigenvalue weighted by molar-refractivity contribution is 7.89. The number of rotatable bonds is 8. The molecule has 1 aliphatic heterocycles. The van der Waals surface area contributed by atoms with Crippen LogP contribution in [0.5, 0.6) is 11.5 Å². The molecule has 7 nitrogen and oxygen atoms in total. The van der Waals surface area contributed by atoms with Gasteiger partial charge in [0, 0.05) is 23.5 Å². The number of thiophene rings is 1. The van der Waals surface area contributed by atoms with Gasteiger partial charge in [0.25, 0.3) is 5.91 Å². The van der Waals surface area contributed by atoms with Gasteiger partial charge in [-0.15, -0.1) is 11.3 Å². The Hall–Kier alpha value is -2.88. The Morgan fingerprint density at radius 3 is 2.69 bits per heavy atom. The van der Waals surface area contributed by atoms with Crippen molar-refractivity contribution in [1.82, 2.24) is 9.62 Å². The van der Waals surface area contributed by atoms with Crippen molar-refractivity contribution < 1.29 is 22.7 Å². The van der Waals surface area contributed by atoms with Crippen molar-refractivity contribution in [2.75, 3.05) is 26.8 Å². The number of amides is 1. The quantitative estimate of drug-likeness (QED) is 0.509. The molecule has 2 heterocycles. The maximum Gasteiger partial charge on any atom is 0.251 e. The first kappa shape index (κ1) is 22.3. The third-order valence-electron chi connectivity index (χ3n) is 5.22. The number of methoxy groups -OCH3 is 1. The highest BCUT2D eigenvalue weighted by Gasteiger charge is 2.29. The molecule has 1 aliphatic rings. The largest absolute Gasteiger partial charge is 0.497 e. The lowest BCUT2D eigenvalue weighted by atomic mass is 10.1. The van der Waals surface area contributed by atoms with E-state index in [2.05, 4.69) is 5.32 Å². The second-order valence-electron chi connectivity index (χ2n) is 7.27. The molecule has 1 amide bonds. The van der Waals surface area contributed by atoms with Crippen molar-refractivity contribution >= 4 is 27.3 Å². The molecule has 0 fully saturated rings. The van der Waals surface area contributed by atoms with E-state index >= 15 is 0 Å². The molecule has 2 aromatic carbocycles. The summed E-state index contributed by atoms with van der Waals surface area (Å²) in [6, 6.07) is 15.3. The minimum absolute atomic E-state index is 0.123. The molecule has 1 N–H and O–H groups in total. The molecule has 0 saturated carbocycles. The molecule has 0 spiro atoms. The van der Waals surface area contributed by atoms with Gasteiger partial charge in [0.05, 0.1) is 18.6 Å². The summed E-state index contributed by atoms with van der Waals surface area (Å²) >= 11 is 1.66. The van der Waals surface area contributed by atoms with Crippen molar-refractivity contribution in [2.45, 2.75) is 17.9 Å². The lowest BCUT2D eigenvalue weighted by Crippen LogP contribution is -2.35. The molecular weight excluding hydrogens is 448 g/mol. The molecule has 1 aromatic heterocycles. The predicted molar refractivity (Wildman–Crippen MR) is 123 cm³/mol. The Bertz CT molecular complexity index is 1190. The molecule has 32 heavy (non-hydrogen) atoms. The van der Waals surface area contributed by atoms with Gasteiger partial charge in [-0.2, -0.15) is 4.31 Å². The third kappa shape index (κ3) is 4.95. The molecule has 0 atom stereocenters. The van der Waals surface area contributed by atoms with Crippen LogP contribution < -0.4 is 14.8 Å². The second-order valence-corrected chi connectivity index (χ2v) is 10.2. The van der Waals surface area contributed by atoms with Gasteiger partial charge < -0.3 is 14.8 Å². The van der Waals surface area contributed by atoms with Gasteiger partial charge in [-0.25, -0.2) is 8.42 Å². The van der Waals surface area contributed by atoms with E-state index in [4.69, 9.17) is 9.47 Å². The van der Waals surface area contributed by atoms with Crippen molar-refractivity contribution in [3.63, 3.8) is 0 Å². The van der Waals surface area contributed by atoms with Crippen molar-refractivity contribution in [1.29, 1.82) is 0 Å². The molecule has 0 unspecified atom stereocenters. The Morgan fingerprint density at radius 2 is 1.91 bits per heavy atom. The van der Waals surface area contributed by atoms with E-state index < -0.39 is 10.0 Å². The predicted octanol–water partition coefficient (Wildman–Crippen LogP) is 3.31. The lowest BCUT2D eigenvalue weighted by Gasteiger charge is -2.26. The van der Waals surface area contributed by atoms with Gasteiger partial charge in [-0.3, -0.25) is 4.79 Å². The van der Waals surface area contributed by atoms with Gasteiger partial charge in [-0.1, -0.05) is 6.07 Å². The van der Waals surface area contributed by atoms with E-state index in [0.717, 1.165) is 11.3 Å². The summed E-state index contributed by atoms with van der Waals surface area (Å²) in [5.74, 6) is 1.06. The highest BCUT2D eigenvalue weighted by Crippen LogP contribution is 2.28.